The van der Waals surface area contributed by atoms with Gasteiger partial charge in [0.2, 0.25) is 5.91 Å². The fourth-order valence-electron chi connectivity index (χ4n) is 4.94. The van der Waals surface area contributed by atoms with Crippen molar-refractivity contribution in [2.75, 3.05) is 11.9 Å². The lowest BCUT2D eigenvalue weighted by molar-refractivity contribution is -0.133. The van der Waals surface area contributed by atoms with Crippen molar-refractivity contribution in [3.63, 3.8) is 0 Å². The first-order valence-corrected chi connectivity index (χ1v) is 12.2. The van der Waals surface area contributed by atoms with Crippen molar-refractivity contribution in [3.05, 3.63) is 64.0 Å². The lowest BCUT2D eigenvalue weighted by Gasteiger charge is -2.24. The average Bonchev–Trinajstić information content (AvgIpc) is 3.13. The lowest BCUT2D eigenvalue weighted by Crippen LogP contribution is -2.42. The van der Waals surface area contributed by atoms with Gasteiger partial charge in [0.25, 0.3) is 5.91 Å². The van der Waals surface area contributed by atoms with Gasteiger partial charge in [-0.15, -0.1) is 11.3 Å². The fourth-order valence-corrected chi connectivity index (χ4v) is 6.20. The van der Waals surface area contributed by atoms with E-state index in [1.54, 1.807) is 6.92 Å². The van der Waals surface area contributed by atoms with Gasteiger partial charge in [-0.2, -0.15) is 5.26 Å². The van der Waals surface area contributed by atoms with Gasteiger partial charge in [-0.3, -0.25) is 14.5 Å². The van der Waals surface area contributed by atoms with Gasteiger partial charge in [0.05, 0.1) is 5.56 Å². The molecule has 0 radical (unpaired) electrons. The highest BCUT2D eigenvalue weighted by Crippen LogP contribution is 2.37. The van der Waals surface area contributed by atoms with Crippen LogP contribution in [-0.4, -0.2) is 29.3 Å². The summed E-state index contributed by atoms with van der Waals surface area (Å²) in [5.41, 5.74) is 0.934. The van der Waals surface area contributed by atoms with Crippen LogP contribution in [0.2, 0.25) is 0 Å². The number of carbonyl (C=O) groups is 3. The van der Waals surface area contributed by atoms with Crippen LogP contribution >= 0.6 is 11.3 Å². The molecule has 1 aliphatic carbocycles. The van der Waals surface area contributed by atoms with Crippen molar-refractivity contribution in [1.82, 2.24) is 10.2 Å². The Bertz CT molecular complexity index is 1370. The first-order valence-electron chi connectivity index (χ1n) is 11.4. The van der Waals surface area contributed by atoms with E-state index in [2.05, 4.69) is 16.7 Å². The molecule has 0 bridgehead atoms. The van der Waals surface area contributed by atoms with E-state index >= 15 is 0 Å². The zero-order valence-corrected chi connectivity index (χ0v) is 19.6. The second-order valence-corrected chi connectivity index (χ2v) is 10.0. The summed E-state index contributed by atoms with van der Waals surface area (Å²) in [6.45, 7) is 1.25. The molecule has 2 aromatic carbocycles. The van der Waals surface area contributed by atoms with Gasteiger partial charge < -0.3 is 10.6 Å². The number of imide groups is 1. The highest BCUT2D eigenvalue weighted by atomic mass is 32.1. The zero-order chi connectivity index (χ0) is 23.9. The van der Waals surface area contributed by atoms with Crippen molar-refractivity contribution in [2.45, 2.75) is 44.6 Å². The smallest absolute Gasteiger partial charge is 0.319 e. The summed E-state index contributed by atoms with van der Waals surface area (Å²) in [5, 5.41) is 17.6. The number of nitriles is 1. The number of fused-ring (bicyclic) bond motifs is 2. The van der Waals surface area contributed by atoms with Crippen LogP contribution in [0.25, 0.3) is 10.8 Å². The number of rotatable bonds is 4. The summed E-state index contributed by atoms with van der Waals surface area (Å²) >= 11 is 1.43. The van der Waals surface area contributed by atoms with Crippen LogP contribution in [-0.2, 0) is 28.0 Å². The second-order valence-electron chi connectivity index (χ2n) is 8.90. The maximum absolute atomic E-state index is 13.4. The Morgan fingerprint density at radius 2 is 1.91 bits per heavy atom. The second kappa shape index (κ2) is 8.58. The number of urea groups is 1. The number of amides is 4. The van der Waals surface area contributed by atoms with Crippen molar-refractivity contribution >= 4 is 45.0 Å². The predicted octanol–water partition coefficient (Wildman–Crippen LogP) is 4.45. The highest BCUT2D eigenvalue weighted by molar-refractivity contribution is 7.16. The molecule has 0 saturated carbocycles. The van der Waals surface area contributed by atoms with E-state index in [4.69, 9.17) is 0 Å². The Balaban J connectivity index is 1.38. The van der Waals surface area contributed by atoms with Gasteiger partial charge >= 0.3 is 6.03 Å². The summed E-state index contributed by atoms with van der Waals surface area (Å²) in [6, 6.07) is 14.9. The Kier molecular flexibility index (Phi) is 5.58. The molecule has 2 aliphatic rings. The predicted molar refractivity (Wildman–Crippen MR) is 130 cm³/mol. The van der Waals surface area contributed by atoms with E-state index in [0.717, 1.165) is 58.2 Å². The van der Waals surface area contributed by atoms with E-state index in [1.807, 2.05) is 42.5 Å². The molecule has 1 saturated heterocycles. The van der Waals surface area contributed by atoms with Gasteiger partial charge in [-0.05, 0) is 54.5 Å². The molecule has 3 aromatic rings. The van der Waals surface area contributed by atoms with Crippen LogP contribution in [0.3, 0.4) is 0 Å². The molecule has 1 unspecified atom stereocenters. The molecular formula is C26H24N4O3S. The summed E-state index contributed by atoms with van der Waals surface area (Å²) in [4.78, 5) is 41.2. The number of aryl methyl sites for hydroxylation is 1. The zero-order valence-electron chi connectivity index (χ0n) is 18.8. The molecule has 1 fully saturated rings. The number of hydrogen-bond donors (Lipinski definition) is 2. The number of benzene rings is 2. The Hall–Kier alpha value is -3.70. The van der Waals surface area contributed by atoms with E-state index in [0.29, 0.717) is 16.1 Å². The van der Waals surface area contributed by atoms with E-state index < -0.39 is 29.9 Å². The van der Waals surface area contributed by atoms with Crippen LogP contribution < -0.4 is 10.6 Å². The first-order chi connectivity index (χ1) is 16.4. The molecule has 0 spiro atoms. The number of nitrogens with one attached hydrogen (secondary N) is 2. The molecule has 172 valence electrons. The number of thiophene rings is 1. The normalized spacial score (nSPS) is 19.9. The maximum Gasteiger partial charge on any atom is 0.325 e. The molecule has 34 heavy (non-hydrogen) atoms. The van der Waals surface area contributed by atoms with E-state index in [1.165, 1.54) is 11.3 Å². The van der Waals surface area contributed by atoms with Crippen molar-refractivity contribution < 1.29 is 14.4 Å². The standard InChI is InChI=1S/C26H24N4O3S/c1-26(20-12-7-9-16-8-5-6-10-17(16)20)24(32)30(25(33)29-26)15-22(31)28-23-19(14-27)18-11-3-2-4-13-21(18)34-23/h5-10,12H,2-4,11,13,15H2,1H3,(H,28,31)(H,29,33). The monoisotopic (exact) mass is 472 g/mol. The Morgan fingerprint density at radius 3 is 2.74 bits per heavy atom. The molecule has 1 atom stereocenters. The van der Waals surface area contributed by atoms with Crippen LogP contribution in [0.1, 0.15) is 47.8 Å². The largest absolute Gasteiger partial charge is 0.325 e. The summed E-state index contributed by atoms with van der Waals surface area (Å²) < 4.78 is 0. The minimum atomic E-state index is -1.28. The number of hydrogen-bond acceptors (Lipinski definition) is 5. The number of nitrogens with zero attached hydrogens (tertiary/aromatic N) is 2. The summed E-state index contributed by atoms with van der Waals surface area (Å²) in [6.07, 6.45) is 4.97. The Morgan fingerprint density at radius 1 is 1.15 bits per heavy atom. The summed E-state index contributed by atoms with van der Waals surface area (Å²) in [7, 11) is 0. The average molecular weight is 473 g/mol. The summed E-state index contributed by atoms with van der Waals surface area (Å²) in [5.74, 6) is -0.981. The third kappa shape index (κ3) is 3.62. The maximum atomic E-state index is 13.4. The van der Waals surface area contributed by atoms with Gasteiger partial charge in [0.15, 0.2) is 0 Å². The third-order valence-corrected chi connectivity index (χ3v) is 7.90. The molecule has 7 nitrogen and oxygen atoms in total. The molecular weight excluding hydrogens is 448 g/mol. The van der Waals surface area contributed by atoms with Crippen molar-refractivity contribution in [2.24, 2.45) is 0 Å². The molecule has 4 amide bonds. The van der Waals surface area contributed by atoms with Gasteiger partial charge in [0.1, 0.15) is 23.2 Å². The minimum Gasteiger partial charge on any atom is -0.319 e. The highest BCUT2D eigenvalue weighted by Gasteiger charge is 2.50. The van der Waals surface area contributed by atoms with Crippen LogP contribution in [0.5, 0.6) is 0 Å². The molecule has 5 rings (SSSR count). The SMILES string of the molecule is CC1(c2cccc3ccccc23)NC(=O)N(CC(=O)Nc2sc3c(c2C#N)CCCCC3)C1=O. The topological polar surface area (TPSA) is 102 Å². The van der Waals surface area contributed by atoms with Gasteiger partial charge in [0, 0.05) is 4.88 Å². The van der Waals surface area contributed by atoms with Crippen LogP contribution in [0.4, 0.5) is 9.80 Å². The lowest BCUT2D eigenvalue weighted by atomic mass is 9.88. The molecule has 1 aliphatic heterocycles. The quantitative estimate of drug-likeness (QED) is 0.433. The first kappa shape index (κ1) is 22.1. The van der Waals surface area contributed by atoms with Crippen LogP contribution in [0.15, 0.2) is 42.5 Å². The van der Waals surface area contributed by atoms with E-state index in [9.17, 15) is 19.6 Å². The third-order valence-electron chi connectivity index (χ3n) is 6.69. The van der Waals surface area contributed by atoms with Gasteiger partial charge in [-0.1, -0.05) is 48.9 Å². The number of carbonyl (C=O) groups excluding carboxylic acids is 3. The van der Waals surface area contributed by atoms with E-state index in [-0.39, 0.29) is 0 Å². The Labute approximate surface area is 201 Å². The number of anilines is 1. The van der Waals surface area contributed by atoms with Gasteiger partial charge in [-0.25, -0.2) is 4.79 Å². The fraction of sp³-hybridized carbons (Fsp3) is 0.308. The molecule has 2 heterocycles. The minimum absolute atomic E-state index is 0.418. The molecule has 8 heteroatoms. The van der Waals surface area contributed by atoms with Crippen molar-refractivity contribution in [3.8, 4) is 6.07 Å². The molecule has 1 aromatic heterocycles. The molecule has 2 N–H and O–H groups in total. The van der Waals surface area contributed by atoms with Crippen LogP contribution in [0, 0.1) is 11.3 Å². The van der Waals surface area contributed by atoms with Crippen molar-refractivity contribution in [1.29, 1.82) is 5.26 Å².